The van der Waals surface area contributed by atoms with Crippen LogP contribution >= 0.6 is 0 Å². The first-order chi connectivity index (χ1) is 20.4. The molecular weight excluding hydrogens is 522 g/mol. The van der Waals surface area contributed by atoms with E-state index in [2.05, 4.69) is 71.6 Å². The Hall–Kier alpha value is -3.91. The zero-order chi connectivity index (χ0) is 28.8. The second kappa shape index (κ2) is 10.7. The van der Waals surface area contributed by atoms with E-state index in [9.17, 15) is 4.79 Å². The summed E-state index contributed by atoms with van der Waals surface area (Å²) in [5, 5.41) is 8.07. The van der Waals surface area contributed by atoms with Crippen molar-refractivity contribution in [1.82, 2.24) is 24.4 Å². The number of pyridine rings is 1. The second-order valence-electron chi connectivity index (χ2n) is 13.0. The molecule has 0 spiro atoms. The molecule has 0 bridgehead atoms. The third kappa shape index (κ3) is 5.02. The molecule has 218 valence electrons. The van der Waals surface area contributed by atoms with Crippen molar-refractivity contribution in [3.63, 3.8) is 0 Å². The largest absolute Gasteiger partial charge is 0.368 e. The maximum Gasteiger partial charge on any atom is 0.253 e. The first-order valence-electron chi connectivity index (χ1n) is 15.3. The molecular formula is C34H41N7O. The number of likely N-dealkylation sites (tertiary alicyclic amines) is 1. The van der Waals surface area contributed by atoms with Crippen LogP contribution in [-0.4, -0.2) is 76.6 Å². The van der Waals surface area contributed by atoms with E-state index < -0.39 is 0 Å². The second-order valence-corrected chi connectivity index (χ2v) is 13.0. The summed E-state index contributed by atoms with van der Waals surface area (Å²) in [7, 11) is 4.07. The predicted molar refractivity (Wildman–Crippen MR) is 168 cm³/mol. The highest BCUT2D eigenvalue weighted by Gasteiger charge is 2.47. The van der Waals surface area contributed by atoms with Crippen molar-refractivity contribution in [1.29, 1.82) is 0 Å². The molecule has 3 fully saturated rings. The average Bonchev–Trinajstić information content (AvgIpc) is 3.69. The first-order valence-corrected chi connectivity index (χ1v) is 15.3. The van der Waals surface area contributed by atoms with E-state index in [4.69, 9.17) is 10.1 Å². The molecule has 7 rings (SSSR count). The Morgan fingerprint density at radius 3 is 2.33 bits per heavy atom. The van der Waals surface area contributed by atoms with Crippen LogP contribution in [0, 0.1) is 11.8 Å². The van der Waals surface area contributed by atoms with Crippen LogP contribution < -0.4 is 10.2 Å². The fourth-order valence-electron chi connectivity index (χ4n) is 7.68. The Morgan fingerprint density at radius 1 is 0.952 bits per heavy atom. The van der Waals surface area contributed by atoms with Crippen molar-refractivity contribution in [2.75, 3.05) is 50.5 Å². The number of nitrogens with zero attached hydrogens (tertiary/aromatic N) is 6. The molecule has 2 aliphatic heterocycles. The van der Waals surface area contributed by atoms with Gasteiger partial charge in [-0.1, -0.05) is 37.3 Å². The minimum Gasteiger partial charge on any atom is -0.368 e. The lowest BCUT2D eigenvalue weighted by Gasteiger charge is -2.35. The van der Waals surface area contributed by atoms with Gasteiger partial charge >= 0.3 is 0 Å². The number of aromatic nitrogens is 3. The van der Waals surface area contributed by atoms with Crippen LogP contribution in [0.2, 0.25) is 0 Å². The van der Waals surface area contributed by atoms with Gasteiger partial charge in [0.05, 0.1) is 5.69 Å². The van der Waals surface area contributed by atoms with E-state index in [-0.39, 0.29) is 11.3 Å². The van der Waals surface area contributed by atoms with Gasteiger partial charge in [0.1, 0.15) is 0 Å². The number of fused-ring (bicyclic) bond motifs is 2. The third-order valence-electron chi connectivity index (χ3n) is 10.1. The van der Waals surface area contributed by atoms with Crippen molar-refractivity contribution in [2.45, 2.75) is 44.1 Å². The quantitative estimate of drug-likeness (QED) is 0.337. The van der Waals surface area contributed by atoms with Crippen LogP contribution in [0.1, 0.15) is 48.5 Å². The zero-order valence-electron chi connectivity index (χ0n) is 24.9. The number of nitrogens with one attached hydrogen (secondary N) is 1. The number of rotatable bonds is 6. The van der Waals surface area contributed by atoms with E-state index in [1.54, 1.807) is 0 Å². The van der Waals surface area contributed by atoms with Crippen molar-refractivity contribution < 1.29 is 4.79 Å². The fraction of sp³-hybridized carbons (Fsp3) is 0.441. The summed E-state index contributed by atoms with van der Waals surface area (Å²) >= 11 is 0. The van der Waals surface area contributed by atoms with Gasteiger partial charge < -0.3 is 20.0 Å². The third-order valence-corrected chi connectivity index (χ3v) is 10.1. The molecule has 8 nitrogen and oxygen atoms in total. The van der Waals surface area contributed by atoms with Crippen LogP contribution in [0.15, 0.2) is 72.9 Å². The average molecular weight is 564 g/mol. The molecule has 1 N–H and O–H groups in total. The number of hydrogen-bond acceptors (Lipinski definition) is 6. The summed E-state index contributed by atoms with van der Waals surface area (Å²) in [6.07, 6.45) is 6.46. The van der Waals surface area contributed by atoms with Gasteiger partial charge in [0.25, 0.3) is 5.91 Å². The summed E-state index contributed by atoms with van der Waals surface area (Å²) in [6, 6.07) is 23.2. The number of piperidine rings is 1. The fourth-order valence-corrected chi connectivity index (χ4v) is 7.68. The Morgan fingerprint density at radius 2 is 1.64 bits per heavy atom. The molecule has 2 saturated heterocycles. The Labute approximate surface area is 248 Å². The van der Waals surface area contributed by atoms with Crippen molar-refractivity contribution >= 4 is 28.9 Å². The molecule has 3 aliphatic rings. The van der Waals surface area contributed by atoms with Gasteiger partial charge in [-0.15, -0.1) is 5.10 Å². The van der Waals surface area contributed by atoms with Crippen molar-refractivity contribution in [3.05, 3.63) is 84.1 Å². The van der Waals surface area contributed by atoms with Crippen LogP contribution in [0.3, 0.4) is 0 Å². The molecule has 4 aromatic rings. The highest BCUT2D eigenvalue weighted by Crippen LogP contribution is 2.51. The van der Waals surface area contributed by atoms with Crippen LogP contribution in [-0.2, 0) is 5.41 Å². The lowest BCUT2D eigenvalue weighted by atomic mass is 9.80. The zero-order valence-corrected chi connectivity index (χ0v) is 24.9. The highest BCUT2D eigenvalue weighted by molar-refractivity contribution is 5.94. The molecule has 1 aliphatic carbocycles. The van der Waals surface area contributed by atoms with Gasteiger partial charge in [-0.05, 0) is 105 Å². The van der Waals surface area contributed by atoms with E-state index in [0.29, 0.717) is 29.4 Å². The van der Waals surface area contributed by atoms with Gasteiger partial charge in [-0.25, -0.2) is 4.52 Å². The number of anilines is 3. The molecule has 2 aromatic carbocycles. The van der Waals surface area contributed by atoms with E-state index >= 15 is 0 Å². The Kier molecular flexibility index (Phi) is 6.89. The topological polar surface area (TPSA) is 69.0 Å². The first kappa shape index (κ1) is 27.0. The molecule has 4 heterocycles. The molecule has 2 aromatic heterocycles. The number of hydrogen-bond donors (Lipinski definition) is 1. The predicted octanol–water partition coefficient (Wildman–Crippen LogP) is 5.44. The number of carbonyl (C=O) groups is 1. The van der Waals surface area contributed by atoms with Crippen molar-refractivity contribution in [3.8, 4) is 0 Å². The van der Waals surface area contributed by atoms with Crippen LogP contribution in [0.25, 0.3) is 5.65 Å². The van der Waals surface area contributed by atoms with Crippen molar-refractivity contribution in [2.24, 2.45) is 11.8 Å². The van der Waals surface area contributed by atoms with Gasteiger partial charge in [0, 0.05) is 43.6 Å². The standard InChI is InChI=1S/C34H41N7O/c1-34(27-8-5-4-6-9-27)20-25-22-40(23-26(25)21-34)30-10-7-17-41-31(30)36-33(37-41)35-28-13-11-24(12-14-28)32(42)39(3)29-15-18-38(2)19-16-29/h4-14,17,25-26,29H,15-16,18-23H2,1-3H3,(H,35,37)/t25-,26+,34?. The summed E-state index contributed by atoms with van der Waals surface area (Å²) < 4.78 is 1.87. The molecule has 0 radical (unpaired) electrons. The van der Waals surface area contributed by atoms with Gasteiger partial charge in [0.15, 0.2) is 5.65 Å². The summed E-state index contributed by atoms with van der Waals surface area (Å²) in [4.78, 5) is 24.8. The molecule has 1 saturated carbocycles. The molecule has 1 unspecified atom stereocenters. The lowest BCUT2D eigenvalue weighted by molar-refractivity contribution is 0.0659. The maximum absolute atomic E-state index is 13.1. The maximum atomic E-state index is 13.1. The molecule has 42 heavy (non-hydrogen) atoms. The number of amides is 1. The van der Waals surface area contributed by atoms with E-state index in [1.165, 1.54) is 18.4 Å². The van der Waals surface area contributed by atoms with Crippen LogP contribution in [0.5, 0.6) is 0 Å². The Balaban J connectivity index is 1.02. The smallest absolute Gasteiger partial charge is 0.253 e. The summed E-state index contributed by atoms with van der Waals surface area (Å²) in [6.45, 7) is 6.63. The molecule has 1 amide bonds. The van der Waals surface area contributed by atoms with Gasteiger partial charge in [0.2, 0.25) is 5.95 Å². The molecule has 3 atom stereocenters. The van der Waals surface area contributed by atoms with Crippen LogP contribution in [0.4, 0.5) is 17.3 Å². The molecule has 8 heteroatoms. The van der Waals surface area contributed by atoms with E-state index in [0.717, 1.165) is 56.0 Å². The minimum absolute atomic E-state index is 0.0751. The minimum atomic E-state index is 0.0751. The summed E-state index contributed by atoms with van der Waals surface area (Å²) in [5.74, 6) is 2.01. The number of benzene rings is 2. The normalized spacial score (nSPS) is 24.7. The Bertz CT molecular complexity index is 1540. The number of carbonyl (C=O) groups excluding carboxylic acids is 1. The lowest BCUT2D eigenvalue weighted by Crippen LogP contribution is -2.44. The summed E-state index contributed by atoms with van der Waals surface area (Å²) in [5.41, 5.74) is 5.33. The van der Waals surface area contributed by atoms with Gasteiger partial charge in [-0.3, -0.25) is 4.79 Å². The van der Waals surface area contributed by atoms with Gasteiger partial charge in [-0.2, -0.15) is 4.98 Å². The van der Waals surface area contributed by atoms with E-state index in [1.807, 2.05) is 46.9 Å². The highest BCUT2D eigenvalue weighted by atomic mass is 16.2. The monoisotopic (exact) mass is 563 g/mol. The SMILES string of the molecule is CN1CCC(N(C)C(=O)c2ccc(Nc3nc4c(N5C[C@@H]6CC(C)(c7ccccc7)C[C@@H]6C5)cccn4n3)cc2)CC1.